The van der Waals surface area contributed by atoms with E-state index in [-0.39, 0.29) is 0 Å². The predicted octanol–water partition coefficient (Wildman–Crippen LogP) is 2.46. The van der Waals surface area contributed by atoms with Crippen molar-refractivity contribution in [3.8, 4) is 0 Å². The zero-order valence-corrected chi connectivity index (χ0v) is 12.3. The van der Waals surface area contributed by atoms with Crippen molar-refractivity contribution in [2.45, 2.75) is 38.3 Å². The summed E-state index contributed by atoms with van der Waals surface area (Å²) >= 11 is 0. The maximum atomic E-state index is 4.38. The molecule has 4 heteroatoms. The van der Waals surface area contributed by atoms with Gasteiger partial charge in [-0.2, -0.15) is 0 Å². The van der Waals surface area contributed by atoms with Crippen LogP contribution in [0.15, 0.2) is 30.3 Å². The molecule has 1 aliphatic rings. The second kappa shape index (κ2) is 5.75. The summed E-state index contributed by atoms with van der Waals surface area (Å²) in [6.45, 7) is 1.90. The zero-order chi connectivity index (χ0) is 13.9. The maximum absolute atomic E-state index is 4.38. The normalized spacial score (nSPS) is 18.9. The summed E-state index contributed by atoms with van der Waals surface area (Å²) in [5.41, 5.74) is 1.46. The van der Waals surface area contributed by atoms with Crippen molar-refractivity contribution < 1.29 is 0 Å². The third kappa shape index (κ3) is 2.75. The Bertz CT molecular complexity index is 559. The fraction of sp³-hybridized carbons (Fsp3) is 0.500. The average molecular weight is 270 g/mol. The SMILES string of the molecule is CN(C)Cc1nnc2n1CCC(c1ccccc1)CC2. The maximum Gasteiger partial charge on any atom is 0.147 e. The second-order valence-electron chi connectivity index (χ2n) is 5.86. The number of hydrogen-bond donors (Lipinski definition) is 0. The van der Waals surface area contributed by atoms with Crippen LogP contribution < -0.4 is 0 Å². The van der Waals surface area contributed by atoms with E-state index in [1.54, 1.807) is 0 Å². The number of rotatable bonds is 3. The fourth-order valence-corrected chi connectivity index (χ4v) is 3.01. The van der Waals surface area contributed by atoms with Crippen molar-refractivity contribution in [2.75, 3.05) is 14.1 Å². The molecular formula is C16H22N4. The van der Waals surface area contributed by atoms with Crippen LogP contribution in [-0.4, -0.2) is 33.8 Å². The summed E-state index contributed by atoms with van der Waals surface area (Å²) in [7, 11) is 4.15. The van der Waals surface area contributed by atoms with Crippen LogP contribution in [-0.2, 0) is 19.5 Å². The summed E-state index contributed by atoms with van der Waals surface area (Å²) in [6, 6.07) is 10.9. The monoisotopic (exact) mass is 270 g/mol. The summed E-state index contributed by atoms with van der Waals surface area (Å²) in [4.78, 5) is 2.15. The second-order valence-corrected chi connectivity index (χ2v) is 5.86. The van der Waals surface area contributed by atoms with Gasteiger partial charge in [-0.25, -0.2) is 0 Å². The third-order valence-electron chi connectivity index (χ3n) is 4.05. The number of nitrogens with zero attached hydrogens (tertiary/aromatic N) is 4. The van der Waals surface area contributed by atoms with Crippen LogP contribution in [0.5, 0.6) is 0 Å². The van der Waals surface area contributed by atoms with Crippen molar-refractivity contribution in [2.24, 2.45) is 0 Å². The van der Waals surface area contributed by atoms with Gasteiger partial charge >= 0.3 is 0 Å². The number of aromatic nitrogens is 3. The molecule has 1 unspecified atom stereocenters. The molecule has 20 heavy (non-hydrogen) atoms. The van der Waals surface area contributed by atoms with Gasteiger partial charge in [0.05, 0.1) is 6.54 Å². The molecule has 0 saturated carbocycles. The Kier molecular flexibility index (Phi) is 3.83. The van der Waals surface area contributed by atoms with E-state index in [0.717, 1.165) is 31.2 Å². The average Bonchev–Trinajstić information content (AvgIpc) is 2.70. The minimum atomic E-state index is 0.644. The molecule has 3 rings (SSSR count). The molecule has 0 radical (unpaired) electrons. The molecule has 0 fully saturated rings. The largest absolute Gasteiger partial charge is 0.314 e. The van der Waals surface area contributed by atoms with Crippen molar-refractivity contribution in [3.63, 3.8) is 0 Å². The predicted molar refractivity (Wildman–Crippen MR) is 79.5 cm³/mol. The van der Waals surface area contributed by atoms with E-state index in [1.807, 2.05) is 0 Å². The lowest BCUT2D eigenvalue weighted by atomic mass is 9.92. The molecule has 0 amide bonds. The number of aryl methyl sites for hydroxylation is 1. The van der Waals surface area contributed by atoms with Crippen LogP contribution in [0.2, 0.25) is 0 Å². The molecule has 1 aromatic heterocycles. The Morgan fingerprint density at radius 3 is 2.70 bits per heavy atom. The van der Waals surface area contributed by atoms with Crippen LogP contribution in [0.3, 0.4) is 0 Å². The molecule has 106 valence electrons. The van der Waals surface area contributed by atoms with Gasteiger partial charge in [-0.15, -0.1) is 10.2 Å². The first-order valence-corrected chi connectivity index (χ1v) is 7.34. The molecule has 2 heterocycles. The van der Waals surface area contributed by atoms with E-state index >= 15 is 0 Å². The Hall–Kier alpha value is -1.68. The molecule has 1 atom stereocenters. The molecular weight excluding hydrogens is 248 g/mol. The third-order valence-corrected chi connectivity index (χ3v) is 4.05. The van der Waals surface area contributed by atoms with E-state index < -0.39 is 0 Å². The van der Waals surface area contributed by atoms with Gasteiger partial charge < -0.3 is 9.47 Å². The van der Waals surface area contributed by atoms with Crippen LogP contribution in [0.4, 0.5) is 0 Å². The first kappa shape index (κ1) is 13.3. The molecule has 1 aromatic carbocycles. The smallest absolute Gasteiger partial charge is 0.147 e. The molecule has 1 aliphatic heterocycles. The van der Waals surface area contributed by atoms with Gasteiger partial charge in [-0.3, -0.25) is 0 Å². The minimum absolute atomic E-state index is 0.644. The fourth-order valence-electron chi connectivity index (χ4n) is 3.01. The number of fused-ring (bicyclic) bond motifs is 1. The van der Waals surface area contributed by atoms with Gasteiger partial charge in [-0.05, 0) is 38.4 Å². The topological polar surface area (TPSA) is 34.0 Å². The first-order chi connectivity index (χ1) is 9.74. The highest BCUT2D eigenvalue weighted by Crippen LogP contribution is 2.29. The van der Waals surface area contributed by atoms with Gasteiger partial charge in [-0.1, -0.05) is 30.3 Å². The minimum Gasteiger partial charge on any atom is -0.314 e. The summed E-state index contributed by atoms with van der Waals surface area (Å²) in [6.07, 6.45) is 3.37. The lowest BCUT2D eigenvalue weighted by Crippen LogP contribution is -2.16. The first-order valence-electron chi connectivity index (χ1n) is 7.34. The van der Waals surface area contributed by atoms with Gasteiger partial charge in [0.15, 0.2) is 0 Å². The van der Waals surface area contributed by atoms with Crippen LogP contribution in [0.1, 0.15) is 36.0 Å². The Balaban J connectivity index is 1.77. The van der Waals surface area contributed by atoms with E-state index in [0.29, 0.717) is 5.92 Å². The molecule has 0 bridgehead atoms. The Labute approximate surface area is 120 Å². The van der Waals surface area contributed by atoms with E-state index in [4.69, 9.17) is 0 Å². The Morgan fingerprint density at radius 2 is 1.95 bits per heavy atom. The summed E-state index contributed by atoms with van der Waals surface area (Å²) < 4.78 is 2.32. The van der Waals surface area contributed by atoms with Gasteiger partial charge in [0.2, 0.25) is 0 Å². The highest BCUT2D eigenvalue weighted by Gasteiger charge is 2.21. The highest BCUT2D eigenvalue weighted by atomic mass is 15.3. The molecule has 0 spiro atoms. The van der Waals surface area contributed by atoms with Gasteiger partial charge in [0, 0.05) is 13.0 Å². The van der Waals surface area contributed by atoms with Crippen molar-refractivity contribution in [3.05, 3.63) is 47.5 Å². The molecule has 4 nitrogen and oxygen atoms in total. The highest BCUT2D eigenvalue weighted by molar-refractivity contribution is 5.20. The lowest BCUT2D eigenvalue weighted by molar-refractivity contribution is 0.377. The van der Waals surface area contributed by atoms with Crippen molar-refractivity contribution in [1.29, 1.82) is 0 Å². The van der Waals surface area contributed by atoms with Crippen LogP contribution >= 0.6 is 0 Å². The van der Waals surface area contributed by atoms with Gasteiger partial charge in [0.25, 0.3) is 0 Å². The van der Waals surface area contributed by atoms with E-state index in [2.05, 4.69) is 64.1 Å². The molecule has 0 aliphatic carbocycles. The Morgan fingerprint density at radius 1 is 1.15 bits per heavy atom. The van der Waals surface area contributed by atoms with Gasteiger partial charge in [0.1, 0.15) is 11.6 Å². The quantitative estimate of drug-likeness (QED) is 0.859. The van der Waals surface area contributed by atoms with Crippen molar-refractivity contribution >= 4 is 0 Å². The van der Waals surface area contributed by atoms with Crippen LogP contribution in [0.25, 0.3) is 0 Å². The number of benzene rings is 1. The molecule has 0 N–H and O–H groups in total. The standard InChI is InChI=1S/C16H22N4/c1-19(2)12-16-18-17-15-9-8-14(10-11-20(15)16)13-6-4-3-5-7-13/h3-7,14H,8-12H2,1-2H3. The summed E-state index contributed by atoms with van der Waals surface area (Å²) in [5.74, 6) is 2.89. The number of hydrogen-bond acceptors (Lipinski definition) is 3. The van der Waals surface area contributed by atoms with Crippen LogP contribution in [0, 0.1) is 0 Å². The van der Waals surface area contributed by atoms with E-state index in [1.165, 1.54) is 18.4 Å². The lowest BCUT2D eigenvalue weighted by Gasteiger charge is -2.15. The summed E-state index contributed by atoms with van der Waals surface area (Å²) in [5, 5.41) is 8.73. The van der Waals surface area contributed by atoms with Crippen molar-refractivity contribution in [1.82, 2.24) is 19.7 Å². The molecule has 0 saturated heterocycles. The molecule has 2 aromatic rings. The zero-order valence-electron chi connectivity index (χ0n) is 12.3. The van der Waals surface area contributed by atoms with E-state index in [9.17, 15) is 0 Å².